The molecule has 4 rings (SSSR count). The Kier molecular flexibility index (Phi) is 4.81. The van der Waals surface area contributed by atoms with Crippen LogP contribution in [0, 0.1) is 0 Å². The number of hydrogen-bond acceptors (Lipinski definition) is 5. The van der Waals surface area contributed by atoms with E-state index >= 15 is 0 Å². The fraction of sp³-hybridized carbons (Fsp3) is 0.211. The van der Waals surface area contributed by atoms with Gasteiger partial charge >= 0.3 is 0 Å². The van der Waals surface area contributed by atoms with Crippen molar-refractivity contribution < 1.29 is 9.59 Å². The molecular weight excluding hydrogens is 366 g/mol. The van der Waals surface area contributed by atoms with Crippen LogP contribution in [0.25, 0.3) is 9.88 Å². The number of benzene rings is 1. The smallest absolute Gasteiger partial charge is 0.271 e. The fourth-order valence-corrected chi connectivity index (χ4v) is 4.49. The molecule has 3 aromatic rings. The third kappa shape index (κ3) is 3.54. The molecule has 0 unspecified atom stereocenters. The lowest BCUT2D eigenvalue weighted by atomic mass is 10.2. The van der Waals surface area contributed by atoms with Crippen LogP contribution >= 0.6 is 22.7 Å². The first-order chi connectivity index (χ1) is 12.7. The number of carbonyl (C=O) groups is 2. The second-order valence-electron chi connectivity index (χ2n) is 6.01. The maximum Gasteiger partial charge on any atom is 0.271 e. The molecular formula is C19H17N3O2S2. The third-order valence-corrected chi connectivity index (χ3v) is 6.12. The van der Waals surface area contributed by atoms with Crippen molar-refractivity contribution in [1.29, 1.82) is 0 Å². The maximum atomic E-state index is 12.3. The lowest BCUT2D eigenvalue weighted by molar-refractivity contribution is -0.117. The summed E-state index contributed by atoms with van der Waals surface area (Å²) in [4.78, 5) is 31.4. The highest BCUT2D eigenvalue weighted by atomic mass is 32.1. The van der Waals surface area contributed by atoms with Crippen LogP contribution in [-0.2, 0) is 11.3 Å². The van der Waals surface area contributed by atoms with Crippen molar-refractivity contribution in [2.24, 2.45) is 0 Å². The lowest BCUT2D eigenvalue weighted by Crippen LogP contribution is -2.24. The van der Waals surface area contributed by atoms with Gasteiger partial charge in [-0.1, -0.05) is 18.2 Å². The number of rotatable bonds is 5. The van der Waals surface area contributed by atoms with Gasteiger partial charge in [-0.05, 0) is 35.6 Å². The second-order valence-corrected chi connectivity index (χ2v) is 7.82. The van der Waals surface area contributed by atoms with Gasteiger partial charge in [-0.3, -0.25) is 9.59 Å². The zero-order chi connectivity index (χ0) is 17.9. The summed E-state index contributed by atoms with van der Waals surface area (Å²) in [5.74, 6) is -0.000942. The van der Waals surface area contributed by atoms with Gasteiger partial charge in [0, 0.05) is 30.6 Å². The van der Waals surface area contributed by atoms with Crippen LogP contribution in [0.1, 0.15) is 28.9 Å². The predicted octanol–water partition coefficient (Wildman–Crippen LogP) is 3.93. The van der Waals surface area contributed by atoms with E-state index in [1.54, 1.807) is 16.7 Å². The topological polar surface area (TPSA) is 62.3 Å². The first-order valence-corrected chi connectivity index (χ1v) is 10.1. The zero-order valence-corrected chi connectivity index (χ0v) is 15.6. The second kappa shape index (κ2) is 7.39. The summed E-state index contributed by atoms with van der Waals surface area (Å²) in [6.07, 6.45) is 1.54. The van der Waals surface area contributed by atoms with Gasteiger partial charge in [0.2, 0.25) is 5.91 Å². The van der Waals surface area contributed by atoms with Gasteiger partial charge in [-0.25, -0.2) is 4.98 Å². The fourth-order valence-electron chi connectivity index (χ4n) is 2.88. The molecule has 2 aromatic heterocycles. The first-order valence-electron chi connectivity index (χ1n) is 8.37. The molecule has 0 aliphatic carbocycles. The molecule has 1 aliphatic rings. The minimum Gasteiger partial charge on any atom is -0.347 e. The largest absolute Gasteiger partial charge is 0.347 e. The van der Waals surface area contributed by atoms with Crippen LogP contribution in [0.3, 0.4) is 0 Å². The molecule has 7 heteroatoms. The summed E-state index contributed by atoms with van der Waals surface area (Å²) >= 11 is 3.09. The van der Waals surface area contributed by atoms with Crippen molar-refractivity contribution in [1.82, 2.24) is 10.3 Å². The standard InChI is InChI=1S/C19H17N3O2S2/c23-17-4-1-9-22(17)14-7-5-13(6-8-14)11-20-18(24)15-12-26-19(21-15)16-3-2-10-25-16/h2-3,5-8,10,12H,1,4,9,11H2,(H,20,24). The van der Waals surface area contributed by atoms with E-state index in [1.165, 1.54) is 11.3 Å². The van der Waals surface area contributed by atoms with E-state index in [0.29, 0.717) is 18.7 Å². The Hall–Kier alpha value is -2.51. The normalized spacial score (nSPS) is 14.0. The predicted molar refractivity (Wildman–Crippen MR) is 105 cm³/mol. The molecule has 0 radical (unpaired) electrons. The number of carbonyl (C=O) groups excluding carboxylic acids is 2. The molecule has 1 fully saturated rings. The Morgan fingerprint density at radius 3 is 2.73 bits per heavy atom. The molecule has 0 saturated carbocycles. The molecule has 1 N–H and O–H groups in total. The molecule has 0 bridgehead atoms. The number of nitrogens with one attached hydrogen (secondary N) is 1. The summed E-state index contributed by atoms with van der Waals surface area (Å²) in [6.45, 7) is 1.21. The van der Waals surface area contributed by atoms with Crippen LogP contribution < -0.4 is 10.2 Å². The van der Waals surface area contributed by atoms with Crippen molar-refractivity contribution in [3.63, 3.8) is 0 Å². The van der Waals surface area contributed by atoms with Gasteiger partial charge < -0.3 is 10.2 Å². The van der Waals surface area contributed by atoms with E-state index in [4.69, 9.17) is 0 Å². The van der Waals surface area contributed by atoms with Crippen molar-refractivity contribution >= 4 is 40.2 Å². The Bertz CT molecular complexity index is 917. The number of hydrogen-bond donors (Lipinski definition) is 1. The maximum absolute atomic E-state index is 12.3. The molecule has 1 aromatic carbocycles. The van der Waals surface area contributed by atoms with Gasteiger partial charge in [-0.15, -0.1) is 22.7 Å². The Balaban J connectivity index is 1.36. The van der Waals surface area contributed by atoms with Crippen LogP contribution in [-0.4, -0.2) is 23.3 Å². The van der Waals surface area contributed by atoms with Gasteiger partial charge in [0.05, 0.1) is 4.88 Å². The van der Waals surface area contributed by atoms with E-state index in [-0.39, 0.29) is 11.8 Å². The number of aromatic nitrogens is 1. The number of amides is 2. The average Bonchev–Trinajstić information content (AvgIpc) is 3.40. The molecule has 2 amide bonds. The highest BCUT2D eigenvalue weighted by molar-refractivity contribution is 7.20. The van der Waals surface area contributed by atoms with Crippen LogP contribution in [0.4, 0.5) is 5.69 Å². The number of nitrogens with zero attached hydrogens (tertiary/aromatic N) is 2. The Labute approximate surface area is 159 Å². The lowest BCUT2D eigenvalue weighted by Gasteiger charge is -2.16. The van der Waals surface area contributed by atoms with E-state index in [1.807, 2.05) is 46.7 Å². The van der Waals surface area contributed by atoms with Crippen LogP contribution in [0.15, 0.2) is 47.2 Å². The summed E-state index contributed by atoms with van der Waals surface area (Å²) in [5.41, 5.74) is 2.35. The number of thiophene rings is 1. The van der Waals surface area contributed by atoms with Crippen molar-refractivity contribution in [3.05, 3.63) is 58.4 Å². The molecule has 0 atom stereocenters. The Morgan fingerprint density at radius 1 is 1.19 bits per heavy atom. The molecule has 0 spiro atoms. The highest BCUT2D eigenvalue weighted by Crippen LogP contribution is 2.27. The summed E-state index contributed by atoms with van der Waals surface area (Å²) < 4.78 is 0. The van der Waals surface area contributed by atoms with Crippen LogP contribution in [0.2, 0.25) is 0 Å². The van der Waals surface area contributed by atoms with E-state index in [2.05, 4.69) is 10.3 Å². The molecule has 5 nitrogen and oxygen atoms in total. The van der Waals surface area contributed by atoms with E-state index in [9.17, 15) is 9.59 Å². The first kappa shape index (κ1) is 16.9. The molecule has 26 heavy (non-hydrogen) atoms. The van der Waals surface area contributed by atoms with Gasteiger partial charge in [0.1, 0.15) is 10.7 Å². The quantitative estimate of drug-likeness (QED) is 0.726. The number of anilines is 1. The third-order valence-electron chi connectivity index (χ3n) is 4.24. The number of thiazole rings is 1. The van der Waals surface area contributed by atoms with Gasteiger partial charge in [0.15, 0.2) is 0 Å². The van der Waals surface area contributed by atoms with Gasteiger partial charge in [0.25, 0.3) is 5.91 Å². The minimum atomic E-state index is -0.178. The molecule has 1 saturated heterocycles. The monoisotopic (exact) mass is 383 g/mol. The van der Waals surface area contributed by atoms with E-state index in [0.717, 1.165) is 34.1 Å². The summed E-state index contributed by atoms with van der Waals surface area (Å²) in [5, 5.41) is 7.55. The van der Waals surface area contributed by atoms with Crippen LogP contribution in [0.5, 0.6) is 0 Å². The molecule has 3 heterocycles. The van der Waals surface area contributed by atoms with Crippen molar-refractivity contribution in [2.45, 2.75) is 19.4 Å². The van der Waals surface area contributed by atoms with Gasteiger partial charge in [-0.2, -0.15) is 0 Å². The SMILES string of the molecule is O=C(NCc1ccc(N2CCCC2=O)cc1)c1csc(-c2cccs2)n1. The zero-order valence-electron chi connectivity index (χ0n) is 14.0. The summed E-state index contributed by atoms with van der Waals surface area (Å²) in [6, 6.07) is 11.7. The highest BCUT2D eigenvalue weighted by Gasteiger charge is 2.21. The molecule has 1 aliphatic heterocycles. The average molecular weight is 383 g/mol. The minimum absolute atomic E-state index is 0.177. The van der Waals surface area contributed by atoms with E-state index < -0.39 is 0 Å². The summed E-state index contributed by atoms with van der Waals surface area (Å²) in [7, 11) is 0. The Morgan fingerprint density at radius 2 is 2.04 bits per heavy atom. The molecule has 132 valence electrons. The van der Waals surface area contributed by atoms with Crippen molar-refractivity contribution in [3.8, 4) is 9.88 Å². The van der Waals surface area contributed by atoms with Crippen molar-refractivity contribution in [2.75, 3.05) is 11.4 Å².